The predicted octanol–water partition coefficient (Wildman–Crippen LogP) is 2.12. The summed E-state index contributed by atoms with van der Waals surface area (Å²) >= 11 is 0. The Morgan fingerprint density at radius 1 is 1.19 bits per heavy atom. The third-order valence-electron chi connectivity index (χ3n) is 2.56. The molecule has 0 radical (unpaired) electrons. The van der Waals surface area contributed by atoms with Crippen LogP contribution in [0.25, 0.3) is 0 Å². The molecular weight excluding hydrogens is 301 g/mol. The molecule has 0 saturated heterocycles. The molecule has 3 N–H and O–H groups in total. The monoisotopic (exact) mass is 311 g/mol. The van der Waals surface area contributed by atoms with Crippen molar-refractivity contribution in [2.45, 2.75) is 4.90 Å². The van der Waals surface area contributed by atoms with Gasteiger partial charge in [0.15, 0.2) is 4.90 Å². The van der Waals surface area contributed by atoms with Gasteiger partial charge in [0.2, 0.25) is 5.82 Å². The summed E-state index contributed by atoms with van der Waals surface area (Å²) in [6.07, 6.45) is 0. The maximum atomic E-state index is 13.5. The van der Waals surface area contributed by atoms with E-state index >= 15 is 0 Å². The van der Waals surface area contributed by atoms with E-state index in [0.717, 1.165) is 18.2 Å². The van der Waals surface area contributed by atoms with Crippen LogP contribution < -0.4 is 10.5 Å². The van der Waals surface area contributed by atoms with Gasteiger partial charge in [-0.3, -0.25) is 14.8 Å². The number of nitrogen functional groups attached to an aromatic ring is 1. The van der Waals surface area contributed by atoms with Gasteiger partial charge in [0, 0.05) is 5.69 Å². The number of nitrogens with one attached hydrogen (secondary N) is 1. The minimum absolute atomic E-state index is 0.119. The molecule has 0 atom stereocenters. The highest BCUT2D eigenvalue weighted by Crippen LogP contribution is 2.28. The molecule has 21 heavy (non-hydrogen) atoms. The molecule has 0 aliphatic carbocycles. The molecular formula is C12H10FN3O4S. The molecule has 0 aliphatic heterocycles. The molecule has 0 amide bonds. The Morgan fingerprint density at radius 2 is 1.86 bits per heavy atom. The predicted molar refractivity (Wildman–Crippen MR) is 74.7 cm³/mol. The highest BCUT2D eigenvalue weighted by molar-refractivity contribution is 7.92. The third-order valence-corrected chi connectivity index (χ3v) is 3.97. The molecule has 0 spiro atoms. The number of sulfonamides is 1. The molecule has 0 unspecified atom stereocenters. The SMILES string of the molecule is Nc1cccc(NS(=O)(=O)c2cccc(F)c2[N+](=O)[O-])c1. The molecule has 2 rings (SSSR count). The largest absolute Gasteiger partial charge is 0.399 e. The van der Waals surface area contributed by atoms with Crippen LogP contribution in [0.2, 0.25) is 0 Å². The van der Waals surface area contributed by atoms with Crippen molar-refractivity contribution in [2.24, 2.45) is 0 Å². The van der Waals surface area contributed by atoms with Crippen molar-refractivity contribution in [1.29, 1.82) is 0 Å². The van der Waals surface area contributed by atoms with Crippen molar-refractivity contribution in [3.8, 4) is 0 Å². The van der Waals surface area contributed by atoms with E-state index in [0.29, 0.717) is 5.69 Å². The van der Waals surface area contributed by atoms with Gasteiger partial charge in [-0.2, -0.15) is 4.39 Å². The van der Waals surface area contributed by atoms with Crippen molar-refractivity contribution >= 4 is 27.1 Å². The van der Waals surface area contributed by atoms with Gasteiger partial charge in [-0.1, -0.05) is 12.1 Å². The summed E-state index contributed by atoms with van der Waals surface area (Å²) in [4.78, 5) is 9.01. The fourth-order valence-corrected chi connectivity index (χ4v) is 2.93. The first-order chi connectivity index (χ1) is 9.81. The number of nitro benzene ring substituents is 1. The number of nitro groups is 1. The molecule has 7 nitrogen and oxygen atoms in total. The smallest absolute Gasteiger partial charge is 0.325 e. The van der Waals surface area contributed by atoms with Crippen LogP contribution >= 0.6 is 0 Å². The molecule has 0 aromatic heterocycles. The topological polar surface area (TPSA) is 115 Å². The van der Waals surface area contributed by atoms with Crippen LogP contribution in [-0.4, -0.2) is 13.3 Å². The number of hydrogen-bond acceptors (Lipinski definition) is 5. The van der Waals surface area contributed by atoms with Gasteiger partial charge in [-0.25, -0.2) is 8.42 Å². The first-order valence-electron chi connectivity index (χ1n) is 5.62. The number of anilines is 2. The summed E-state index contributed by atoms with van der Waals surface area (Å²) in [5.41, 5.74) is 4.84. The minimum Gasteiger partial charge on any atom is -0.399 e. The Bertz CT molecular complexity index is 808. The minimum atomic E-state index is -4.32. The Labute approximate surface area is 119 Å². The highest BCUT2D eigenvalue weighted by atomic mass is 32.2. The lowest BCUT2D eigenvalue weighted by atomic mass is 10.3. The van der Waals surface area contributed by atoms with Crippen LogP contribution in [-0.2, 0) is 10.0 Å². The second kappa shape index (κ2) is 5.37. The number of benzene rings is 2. The van der Waals surface area contributed by atoms with Gasteiger partial charge < -0.3 is 5.73 Å². The van der Waals surface area contributed by atoms with E-state index in [9.17, 15) is 22.9 Å². The molecule has 0 heterocycles. The molecule has 2 aromatic carbocycles. The van der Waals surface area contributed by atoms with Gasteiger partial charge in [-0.15, -0.1) is 0 Å². The number of rotatable bonds is 4. The quantitative estimate of drug-likeness (QED) is 0.510. The maximum Gasteiger partial charge on any atom is 0.325 e. The van der Waals surface area contributed by atoms with Crippen molar-refractivity contribution in [3.63, 3.8) is 0 Å². The van der Waals surface area contributed by atoms with Crippen molar-refractivity contribution < 1.29 is 17.7 Å². The third kappa shape index (κ3) is 3.08. The number of halogens is 1. The summed E-state index contributed by atoms with van der Waals surface area (Å²) < 4.78 is 39.9. The van der Waals surface area contributed by atoms with Crippen LogP contribution in [0.4, 0.5) is 21.5 Å². The zero-order valence-electron chi connectivity index (χ0n) is 10.5. The van der Waals surface area contributed by atoms with Crippen LogP contribution in [0.15, 0.2) is 47.4 Å². The molecule has 0 aliphatic rings. The van der Waals surface area contributed by atoms with E-state index in [4.69, 9.17) is 5.73 Å². The molecule has 0 saturated carbocycles. The average Bonchev–Trinajstić information content (AvgIpc) is 2.37. The van der Waals surface area contributed by atoms with Gasteiger partial charge in [-0.05, 0) is 30.3 Å². The summed E-state index contributed by atoms with van der Waals surface area (Å²) in [5, 5.41) is 10.8. The van der Waals surface area contributed by atoms with E-state index in [1.807, 2.05) is 0 Å². The fraction of sp³-hybridized carbons (Fsp3) is 0. The number of nitrogens with two attached hydrogens (primary N) is 1. The molecule has 110 valence electrons. The normalized spacial score (nSPS) is 11.1. The summed E-state index contributed by atoms with van der Waals surface area (Å²) in [7, 11) is -4.32. The molecule has 9 heteroatoms. The average molecular weight is 311 g/mol. The van der Waals surface area contributed by atoms with E-state index in [2.05, 4.69) is 4.72 Å². The zero-order chi connectivity index (χ0) is 15.6. The lowest BCUT2D eigenvalue weighted by Gasteiger charge is -2.09. The molecule has 2 aromatic rings. The number of para-hydroxylation sites is 1. The highest BCUT2D eigenvalue weighted by Gasteiger charge is 2.29. The Hall–Kier alpha value is -2.68. The lowest BCUT2D eigenvalue weighted by Crippen LogP contribution is -2.15. The lowest BCUT2D eigenvalue weighted by molar-refractivity contribution is -0.390. The van der Waals surface area contributed by atoms with Crippen molar-refractivity contribution in [3.05, 3.63) is 58.4 Å². The van der Waals surface area contributed by atoms with Gasteiger partial charge >= 0.3 is 5.69 Å². The Balaban J connectivity index is 2.50. The van der Waals surface area contributed by atoms with E-state index in [1.165, 1.54) is 18.2 Å². The van der Waals surface area contributed by atoms with Gasteiger partial charge in [0.1, 0.15) is 0 Å². The summed E-state index contributed by atoms with van der Waals surface area (Å²) in [6, 6.07) is 8.65. The van der Waals surface area contributed by atoms with E-state index in [1.54, 1.807) is 6.07 Å². The first kappa shape index (κ1) is 14.7. The number of nitrogens with zero attached hydrogens (tertiary/aromatic N) is 1. The Morgan fingerprint density at radius 3 is 2.48 bits per heavy atom. The number of hydrogen-bond donors (Lipinski definition) is 2. The molecule has 0 fully saturated rings. The van der Waals surface area contributed by atoms with Crippen molar-refractivity contribution in [1.82, 2.24) is 0 Å². The van der Waals surface area contributed by atoms with Crippen LogP contribution in [0.1, 0.15) is 0 Å². The maximum absolute atomic E-state index is 13.5. The second-order valence-electron chi connectivity index (χ2n) is 4.07. The van der Waals surface area contributed by atoms with E-state index < -0.39 is 31.3 Å². The van der Waals surface area contributed by atoms with Crippen LogP contribution in [0, 0.1) is 15.9 Å². The fourth-order valence-electron chi connectivity index (χ4n) is 1.70. The molecule has 0 bridgehead atoms. The summed E-state index contributed by atoms with van der Waals surface area (Å²) in [6.45, 7) is 0. The zero-order valence-corrected chi connectivity index (χ0v) is 11.3. The second-order valence-corrected chi connectivity index (χ2v) is 5.73. The van der Waals surface area contributed by atoms with E-state index in [-0.39, 0.29) is 5.69 Å². The van der Waals surface area contributed by atoms with Crippen LogP contribution in [0.5, 0.6) is 0 Å². The van der Waals surface area contributed by atoms with Crippen LogP contribution in [0.3, 0.4) is 0 Å². The summed E-state index contributed by atoms with van der Waals surface area (Å²) in [5.74, 6) is -1.23. The first-order valence-corrected chi connectivity index (χ1v) is 7.11. The van der Waals surface area contributed by atoms with Gasteiger partial charge in [0.25, 0.3) is 10.0 Å². The van der Waals surface area contributed by atoms with Gasteiger partial charge in [0.05, 0.1) is 10.6 Å². The standard InChI is InChI=1S/C12H10FN3O4S/c13-10-5-2-6-11(12(10)16(17)18)21(19,20)15-9-4-1-3-8(14)7-9/h1-7,15H,14H2. The Kier molecular flexibility index (Phi) is 3.76. The van der Waals surface area contributed by atoms with Crippen molar-refractivity contribution in [2.75, 3.05) is 10.5 Å².